The summed E-state index contributed by atoms with van der Waals surface area (Å²) in [7, 11) is 2.58. The molecule has 0 aromatic heterocycles. The lowest BCUT2D eigenvalue weighted by molar-refractivity contribution is -0.136. The Bertz CT molecular complexity index is 787. The van der Waals surface area contributed by atoms with Crippen LogP contribution in [-0.4, -0.2) is 43.5 Å². The second kappa shape index (κ2) is 7.61. The van der Waals surface area contributed by atoms with E-state index in [1.807, 2.05) is 0 Å². The fourth-order valence-electron chi connectivity index (χ4n) is 2.58. The summed E-state index contributed by atoms with van der Waals surface area (Å²) in [5.74, 6) is -1.32. The molecule has 0 fully saturated rings. The van der Waals surface area contributed by atoms with E-state index >= 15 is 0 Å². The lowest BCUT2D eigenvalue weighted by Crippen LogP contribution is -2.24. The van der Waals surface area contributed by atoms with Crippen LogP contribution < -0.4 is 0 Å². The van der Waals surface area contributed by atoms with Crippen molar-refractivity contribution < 1.29 is 23.9 Å². The predicted octanol–water partition coefficient (Wildman–Crippen LogP) is 2.33. The first-order chi connectivity index (χ1) is 11.9. The Balaban J connectivity index is 2.45. The largest absolute Gasteiger partial charge is 0.465 e. The minimum Gasteiger partial charge on any atom is -0.465 e. The molecule has 0 bridgehead atoms. The number of methoxy groups -OCH3 is 2. The highest BCUT2D eigenvalue weighted by Crippen LogP contribution is 2.31. The SMILES string of the molecule is C=CCN1C(=O)C(=Cc2ccc(C(=O)OC)cc2)C(C(=O)OC)=C1C. The van der Waals surface area contributed by atoms with E-state index in [2.05, 4.69) is 11.3 Å². The molecule has 0 N–H and O–H groups in total. The molecule has 1 aliphatic heterocycles. The zero-order valence-electron chi connectivity index (χ0n) is 14.4. The molecule has 0 aliphatic carbocycles. The normalized spacial score (nSPS) is 15.6. The number of hydrogen-bond donors (Lipinski definition) is 0. The summed E-state index contributed by atoms with van der Waals surface area (Å²) in [5.41, 5.74) is 2.07. The second-order valence-electron chi connectivity index (χ2n) is 5.33. The molecule has 0 unspecified atom stereocenters. The van der Waals surface area contributed by atoms with Gasteiger partial charge in [-0.1, -0.05) is 18.2 Å². The summed E-state index contributed by atoms with van der Waals surface area (Å²) < 4.78 is 9.46. The van der Waals surface area contributed by atoms with Gasteiger partial charge in [0.25, 0.3) is 5.91 Å². The fraction of sp³-hybridized carbons (Fsp3) is 0.211. The highest BCUT2D eigenvalue weighted by atomic mass is 16.5. The number of allylic oxidation sites excluding steroid dienone is 1. The summed E-state index contributed by atoms with van der Waals surface area (Å²) in [4.78, 5) is 37.7. The van der Waals surface area contributed by atoms with Crippen LogP contribution in [0, 0.1) is 0 Å². The quantitative estimate of drug-likeness (QED) is 0.467. The molecule has 130 valence electrons. The van der Waals surface area contributed by atoms with Crippen LogP contribution in [0.15, 0.2) is 53.8 Å². The van der Waals surface area contributed by atoms with Crippen molar-refractivity contribution in [3.8, 4) is 0 Å². The van der Waals surface area contributed by atoms with E-state index < -0.39 is 11.9 Å². The molecule has 0 spiro atoms. The third kappa shape index (κ3) is 3.52. The molecule has 0 atom stereocenters. The molecule has 6 nitrogen and oxygen atoms in total. The van der Waals surface area contributed by atoms with Gasteiger partial charge in [-0.2, -0.15) is 0 Å². The first kappa shape index (κ1) is 18.2. The number of carbonyl (C=O) groups is 3. The maximum absolute atomic E-state index is 12.6. The van der Waals surface area contributed by atoms with Crippen LogP contribution in [0.25, 0.3) is 6.08 Å². The average Bonchev–Trinajstić information content (AvgIpc) is 2.85. The minimum absolute atomic E-state index is 0.228. The standard InChI is InChI=1S/C19H19NO5/c1-5-10-20-12(2)16(19(23)25-4)15(17(20)21)11-13-6-8-14(9-7-13)18(22)24-3/h5-9,11H,1,10H2,2-4H3. The summed E-state index contributed by atoms with van der Waals surface area (Å²) in [5, 5.41) is 0. The van der Waals surface area contributed by atoms with Crippen molar-refractivity contribution in [1.82, 2.24) is 4.90 Å². The second-order valence-corrected chi connectivity index (χ2v) is 5.33. The lowest BCUT2D eigenvalue weighted by Gasteiger charge is -2.14. The van der Waals surface area contributed by atoms with E-state index in [-0.39, 0.29) is 17.1 Å². The Kier molecular flexibility index (Phi) is 5.54. The van der Waals surface area contributed by atoms with E-state index in [1.165, 1.54) is 19.1 Å². The smallest absolute Gasteiger partial charge is 0.340 e. The highest BCUT2D eigenvalue weighted by molar-refractivity contribution is 6.16. The maximum atomic E-state index is 12.6. The van der Waals surface area contributed by atoms with Crippen LogP contribution in [0.4, 0.5) is 0 Å². The summed E-state index contributed by atoms with van der Waals surface area (Å²) in [6, 6.07) is 6.53. The fourth-order valence-corrected chi connectivity index (χ4v) is 2.58. The molecule has 0 saturated heterocycles. The molecular weight excluding hydrogens is 322 g/mol. The van der Waals surface area contributed by atoms with Crippen molar-refractivity contribution in [1.29, 1.82) is 0 Å². The summed E-state index contributed by atoms with van der Waals surface area (Å²) in [6.07, 6.45) is 3.19. The van der Waals surface area contributed by atoms with Crippen LogP contribution in [-0.2, 0) is 19.1 Å². The number of rotatable bonds is 5. The maximum Gasteiger partial charge on any atom is 0.340 e. The minimum atomic E-state index is -0.574. The molecule has 1 aromatic rings. The Morgan fingerprint density at radius 1 is 1.12 bits per heavy atom. The van der Waals surface area contributed by atoms with Gasteiger partial charge >= 0.3 is 11.9 Å². The van der Waals surface area contributed by atoms with Crippen molar-refractivity contribution >= 4 is 23.9 Å². The van der Waals surface area contributed by atoms with E-state index in [9.17, 15) is 14.4 Å². The zero-order valence-corrected chi connectivity index (χ0v) is 14.4. The van der Waals surface area contributed by atoms with E-state index in [1.54, 1.807) is 43.3 Å². The Morgan fingerprint density at radius 2 is 1.72 bits per heavy atom. The first-order valence-electron chi connectivity index (χ1n) is 7.57. The van der Waals surface area contributed by atoms with Crippen molar-refractivity contribution in [3.05, 3.63) is 64.9 Å². The monoisotopic (exact) mass is 341 g/mol. The highest BCUT2D eigenvalue weighted by Gasteiger charge is 2.36. The van der Waals surface area contributed by atoms with Gasteiger partial charge in [0, 0.05) is 12.2 Å². The van der Waals surface area contributed by atoms with Crippen molar-refractivity contribution in [2.75, 3.05) is 20.8 Å². The zero-order chi connectivity index (χ0) is 18.6. The lowest BCUT2D eigenvalue weighted by atomic mass is 10.0. The number of hydrogen-bond acceptors (Lipinski definition) is 5. The van der Waals surface area contributed by atoms with Crippen molar-refractivity contribution in [2.24, 2.45) is 0 Å². The average molecular weight is 341 g/mol. The van der Waals surface area contributed by atoms with Gasteiger partial charge in [0.1, 0.15) is 0 Å². The van der Waals surface area contributed by atoms with Gasteiger partial charge in [0.2, 0.25) is 0 Å². The first-order valence-corrected chi connectivity index (χ1v) is 7.57. The van der Waals surface area contributed by atoms with Crippen molar-refractivity contribution in [2.45, 2.75) is 6.92 Å². The van der Waals surface area contributed by atoms with Crippen LogP contribution in [0.3, 0.4) is 0 Å². The third-order valence-electron chi connectivity index (χ3n) is 3.86. The van der Waals surface area contributed by atoms with Gasteiger partial charge in [-0.15, -0.1) is 6.58 Å². The molecule has 2 rings (SSSR count). The van der Waals surface area contributed by atoms with Gasteiger partial charge in [-0.3, -0.25) is 4.79 Å². The van der Waals surface area contributed by atoms with E-state index in [0.717, 1.165) is 0 Å². The molecule has 1 aromatic carbocycles. The van der Waals surface area contributed by atoms with E-state index in [4.69, 9.17) is 4.74 Å². The Labute approximate surface area is 146 Å². The number of esters is 2. The summed E-state index contributed by atoms with van der Waals surface area (Å²) >= 11 is 0. The van der Waals surface area contributed by atoms with E-state index in [0.29, 0.717) is 23.4 Å². The molecular formula is C19H19NO5. The topological polar surface area (TPSA) is 72.9 Å². The molecule has 25 heavy (non-hydrogen) atoms. The number of benzene rings is 1. The number of amides is 1. The van der Waals surface area contributed by atoms with Crippen LogP contribution >= 0.6 is 0 Å². The molecule has 1 aliphatic rings. The van der Waals surface area contributed by atoms with Crippen molar-refractivity contribution in [3.63, 3.8) is 0 Å². The molecule has 0 saturated carbocycles. The number of nitrogens with zero attached hydrogens (tertiary/aromatic N) is 1. The molecule has 6 heteroatoms. The van der Waals surface area contributed by atoms with Crippen LogP contribution in [0.2, 0.25) is 0 Å². The Hall–Kier alpha value is -3.15. The Morgan fingerprint density at radius 3 is 2.24 bits per heavy atom. The third-order valence-corrected chi connectivity index (χ3v) is 3.86. The summed E-state index contributed by atoms with van der Waals surface area (Å²) in [6.45, 7) is 5.62. The van der Waals surface area contributed by atoms with Gasteiger partial charge in [-0.05, 0) is 30.7 Å². The van der Waals surface area contributed by atoms with Crippen LogP contribution in [0.5, 0.6) is 0 Å². The molecule has 1 heterocycles. The number of carbonyl (C=O) groups excluding carboxylic acids is 3. The van der Waals surface area contributed by atoms with Gasteiger partial charge in [0.05, 0.1) is 30.9 Å². The molecule has 1 amide bonds. The van der Waals surface area contributed by atoms with Crippen LogP contribution in [0.1, 0.15) is 22.8 Å². The number of ether oxygens (including phenoxy) is 2. The van der Waals surface area contributed by atoms with Gasteiger partial charge < -0.3 is 14.4 Å². The van der Waals surface area contributed by atoms with Gasteiger partial charge in [0.15, 0.2) is 0 Å². The van der Waals surface area contributed by atoms with Gasteiger partial charge in [-0.25, -0.2) is 9.59 Å². The molecule has 0 radical (unpaired) electrons. The predicted molar refractivity (Wildman–Crippen MR) is 92.4 cm³/mol.